The summed E-state index contributed by atoms with van der Waals surface area (Å²) < 4.78 is 25.0. The summed E-state index contributed by atoms with van der Waals surface area (Å²) in [6.45, 7) is 4.46. The maximum Gasteiger partial charge on any atom is 0.263 e. The summed E-state index contributed by atoms with van der Waals surface area (Å²) in [6.07, 6.45) is 5.03. The van der Waals surface area contributed by atoms with Crippen molar-refractivity contribution in [3.05, 3.63) is 35.3 Å². The number of carbonyl (C=O) groups excluding carboxylic acids is 1. The van der Waals surface area contributed by atoms with Crippen molar-refractivity contribution >= 4 is 33.0 Å². The molecule has 1 aromatic heterocycles. The lowest BCUT2D eigenvalue weighted by atomic mass is 9.79. The molecule has 7 nitrogen and oxygen atoms in total. The highest BCUT2D eigenvalue weighted by molar-refractivity contribution is 7.92. The normalized spacial score (nSPS) is 26.8. The average Bonchev–Trinajstić information content (AvgIpc) is 3.14. The molecule has 3 saturated heterocycles. The number of sulfonamides is 1. The molecular weight excluding hydrogens is 396 g/mol. The third-order valence-corrected chi connectivity index (χ3v) is 7.29. The zero-order chi connectivity index (χ0) is 19.9. The fourth-order valence-corrected chi connectivity index (χ4v) is 5.56. The number of thiazole rings is 1. The first kappa shape index (κ1) is 19.4. The number of fused-ring (bicyclic) bond motifs is 3. The van der Waals surface area contributed by atoms with Crippen LogP contribution in [0, 0.1) is 5.92 Å². The van der Waals surface area contributed by atoms with Gasteiger partial charge in [-0.2, -0.15) is 0 Å². The van der Waals surface area contributed by atoms with E-state index in [1.54, 1.807) is 30.5 Å². The van der Waals surface area contributed by atoms with E-state index in [0.29, 0.717) is 22.5 Å². The summed E-state index contributed by atoms with van der Waals surface area (Å²) >= 11 is 1.35. The van der Waals surface area contributed by atoms with Crippen LogP contribution in [0.15, 0.2) is 30.5 Å². The number of amides is 1. The van der Waals surface area contributed by atoms with Crippen LogP contribution in [0.25, 0.3) is 10.6 Å². The summed E-state index contributed by atoms with van der Waals surface area (Å²) in [5.74, 6) is 0.496. The van der Waals surface area contributed by atoms with Crippen LogP contribution < -0.4 is 10.0 Å². The fraction of sp³-hybridized carbons (Fsp3) is 0.474. The molecule has 150 valence electrons. The van der Waals surface area contributed by atoms with E-state index < -0.39 is 10.0 Å². The highest BCUT2D eigenvalue weighted by Crippen LogP contribution is 2.33. The number of benzene rings is 1. The molecule has 3 aliphatic rings. The van der Waals surface area contributed by atoms with Gasteiger partial charge in [0, 0.05) is 23.3 Å². The molecule has 0 radical (unpaired) electrons. The molecule has 2 bridgehead atoms. The Kier molecular flexibility index (Phi) is 5.15. The first-order chi connectivity index (χ1) is 13.3. The highest BCUT2D eigenvalue weighted by atomic mass is 32.2. The van der Waals surface area contributed by atoms with Gasteiger partial charge in [-0.25, -0.2) is 13.4 Å². The molecule has 2 N–H and O–H groups in total. The van der Waals surface area contributed by atoms with E-state index in [9.17, 15) is 13.2 Å². The van der Waals surface area contributed by atoms with E-state index >= 15 is 0 Å². The van der Waals surface area contributed by atoms with Gasteiger partial charge in [0.1, 0.15) is 9.88 Å². The summed E-state index contributed by atoms with van der Waals surface area (Å²) in [5.41, 5.74) is 1.34. The predicted octanol–water partition coefficient (Wildman–Crippen LogP) is 2.39. The third kappa shape index (κ3) is 4.06. The Labute approximate surface area is 169 Å². The van der Waals surface area contributed by atoms with Crippen molar-refractivity contribution in [2.75, 3.05) is 24.1 Å². The second-order valence-corrected chi connectivity index (χ2v) is 10.4. The minimum absolute atomic E-state index is 0.0651. The standard InChI is InChI=1S/C19H24N4O3S2/c1-12-17(13-7-9-23(12)10-8-13)21-18(24)16-11-20-19(27-16)14-3-5-15(6-4-14)22-28(2,25)26/h3-6,11-13,17,22H,7-10H2,1-2H3,(H,21,24)/t12-,17-/m0/s1. The number of nitrogens with one attached hydrogen (secondary N) is 2. The van der Waals surface area contributed by atoms with Crippen LogP contribution in [0.4, 0.5) is 5.69 Å². The van der Waals surface area contributed by atoms with Gasteiger partial charge in [0.2, 0.25) is 10.0 Å². The van der Waals surface area contributed by atoms with Crippen LogP contribution in [0.1, 0.15) is 29.4 Å². The third-order valence-electron chi connectivity index (χ3n) is 5.64. The molecule has 0 saturated carbocycles. The maximum absolute atomic E-state index is 12.8. The molecule has 9 heteroatoms. The molecule has 28 heavy (non-hydrogen) atoms. The van der Waals surface area contributed by atoms with E-state index in [4.69, 9.17) is 0 Å². The fourth-order valence-electron chi connectivity index (χ4n) is 4.18. The zero-order valence-electron chi connectivity index (χ0n) is 15.9. The van der Waals surface area contributed by atoms with E-state index in [0.717, 1.165) is 42.8 Å². The van der Waals surface area contributed by atoms with Gasteiger partial charge in [-0.05, 0) is 63.0 Å². The Morgan fingerprint density at radius 2 is 1.89 bits per heavy atom. The number of anilines is 1. The predicted molar refractivity (Wildman–Crippen MR) is 111 cm³/mol. The SMILES string of the molecule is C[C@H]1[C@H](NC(=O)c2cnc(-c3ccc(NS(C)(=O)=O)cc3)s2)C2CCN1CC2. The number of nitrogens with zero attached hydrogens (tertiary/aromatic N) is 2. The smallest absolute Gasteiger partial charge is 0.263 e. The summed E-state index contributed by atoms with van der Waals surface area (Å²) in [6, 6.07) is 7.53. The van der Waals surface area contributed by atoms with Crippen molar-refractivity contribution in [1.29, 1.82) is 0 Å². The molecular formula is C19H24N4O3S2. The van der Waals surface area contributed by atoms with Crippen LogP contribution in [0.5, 0.6) is 0 Å². The number of hydrogen-bond acceptors (Lipinski definition) is 6. The Bertz CT molecular complexity index is 961. The van der Waals surface area contributed by atoms with Crippen molar-refractivity contribution < 1.29 is 13.2 Å². The summed E-state index contributed by atoms with van der Waals surface area (Å²) in [4.78, 5) is 20.2. The van der Waals surface area contributed by atoms with Gasteiger partial charge in [0.25, 0.3) is 5.91 Å². The van der Waals surface area contributed by atoms with Gasteiger partial charge in [-0.15, -0.1) is 11.3 Å². The molecule has 4 heterocycles. The molecule has 0 aliphatic carbocycles. The van der Waals surface area contributed by atoms with Crippen LogP contribution in [0.3, 0.4) is 0 Å². The first-order valence-corrected chi connectivity index (χ1v) is 12.1. The van der Waals surface area contributed by atoms with Gasteiger partial charge in [0.05, 0.1) is 12.5 Å². The number of carbonyl (C=O) groups is 1. The van der Waals surface area contributed by atoms with Crippen LogP contribution in [0.2, 0.25) is 0 Å². The van der Waals surface area contributed by atoms with Gasteiger partial charge in [-0.3, -0.25) is 14.4 Å². The Hall–Kier alpha value is -1.97. The van der Waals surface area contributed by atoms with E-state index in [-0.39, 0.29) is 11.9 Å². The minimum Gasteiger partial charge on any atom is -0.347 e. The van der Waals surface area contributed by atoms with Crippen LogP contribution in [-0.2, 0) is 10.0 Å². The Morgan fingerprint density at radius 1 is 1.21 bits per heavy atom. The molecule has 3 aliphatic heterocycles. The largest absolute Gasteiger partial charge is 0.347 e. The number of rotatable bonds is 5. The monoisotopic (exact) mass is 420 g/mol. The van der Waals surface area contributed by atoms with Crippen LogP contribution >= 0.6 is 11.3 Å². The zero-order valence-corrected chi connectivity index (χ0v) is 17.5. The molecule has 5 rings (SSSR count). The molecule has 0 unspecified atom stereocenters. The van der Waals surface area contributed by atoms with E-state index in [2.05, 4.69) is 26.8 Å². The second kappa shape index (κ2) is 7.46. The number of hydrogen-bond donors (Lipinski definition) is 2. The van der Waals surface area contributed by atoms with Gasteiger partial charge >= 0.3 is 0 Å². The second-order valence-electron chi connectivity index (χ2n) is 7.59. The molecule has 1 aromatic carbocycles. The lowest BCUT2D eigenvalue weighted by Crippen LogP contribution is -2.62. The maximum atomic E-state index is 12.8. The minimum atomic E-state index is -3.30. The quantitative estimate of drug-likeness (QED) is 0.775. The van der Waals surface area contributed by atoms with Crippen molar-refractivity contribution in [2.45, 2.75) is 31.8 Å². The number of piperidine rings is 3. The molecule has 2 aromatic rings. The van der Waals surface area contributed by atoms with Crippen LogP contribution in [-0.4, -0.2) is 55.6 Å². The molecule has 1 amide bonds. The van der Waals surface area contributed by atoms with Crippen molar-refractivity contribution in [1.82, 2.24) is 15.2 Å². The van der Waals surface area contributed by atoms with Gasteiger partial charge in [-0.1, -0.05) is 0 Å². The van der Waals surface area contributed by atoms with Gasteiger partial charge in [0.15, 0.2) is 0 Å². The lowest BCUT2D eigenvalue weighted by Gasteiger charge is -2.49. The Morgan fingerprint density at radius 3 is 2.50 bits per heavy atom. The lowest BCUT2D eigenvalue weighted by molar-refractivity contribution is 0.0218. The number of aromatic nitrogens is 1. The van der Waals surface area contributed by atoms with E-state index in [1.807, 2.05) is 0 Å². The van der Waals surface area contributed by atoms with Crippen molar-refractivity contribution in [3.8, 4) is 10.6 Å². The Balaban J connectivity index is 1.44. The first-order valence-electron chi connectivity index (χ1n) is 9.39. The summed E-state index contributed by atoms with van der Waals surface area (Å²) in [5, 5.41) is 3.96. The summed E-state index contributed by atoms with van der Waals surface area (Å²) in [7, 11) is -3.30. The average molecular weight is 421 g/mol. The van der Waals surface area contributed by atoms with Gasteiger partial charge < -0.3 is 5.32 Å². The highest BCUT2D eigenvalue weighted by Gasteiger charge is 2.40. The molecule has 2 atom stereocenters. The van der Waals surface area contributed by atoms with E-state index in [1.165, 1.54) is 11.3 Å². The van der Waals surface area contributed by atoms with Crippen molar-refractivity contribution in [3.63, 3.8) is 0 Å². The molecule has 3 fully saturated rings. The molecule has 0 spiro atoms. The topological polar surface area (TPSA) is 91.4 Å². The van der Waals surface area contributed by atoms with Crippen molar-refractivity contribution in [2.24, 2.45) is 5.92 Å².